The smallest absolute Gasteiger partial charge is 0.239 e. The zero-order chi connectivity index (χ0) is 48.3. The van der Waals surface area contributed by atoms with Gasteiger partial charge in [-0.2, -0.15) is 0 Å². The zero-order valence-electron chi connectivity index (χ0n) is 44.5. The summed E-state index contributed by atoms with van der Waals surface area (Å²) >= 11 is 0. The van der Waals surface area contributed by atoms with Crippen LogP contribution in [0.1, 0.15) is 169 Å². The molecular weight excluding hydrogens is 821 g/mol. The summed E-state index contributed by atoms with van der Waals surface area (Å²) in [5.74, 6) is 2.62. The molecule has 0 aliphatic carbocycles. The van der Waals surface area contributed by atoms with Crippen LogP contribution >= 0.6 is 0 Å². The van der Waals surface area contributed by atoms with Crippen LogP contribution in [0.5, 0.6) is 0 Å². The van der Waals surface area contributed by atoms with Crippen molar-refractivity contribution in [1.29, 1.82) is 0 Å². The maximum Gasteiger partial charge on any atom is 0.239 e. The quantitative estimate of drug-likeness (QED) is 0.150. The van der Waals surface area contributed by atoms with Crippen LogP contribution in [0.15, 0.2) is 34.0 Å². The van der Waals surface area contributed by atoms with Gasteiger partial charge in [0.25, 0.3) is 0 Å². The van der Waals surface area contributed by atoms with Crippen molar-refractivity contribution >= 4 is 11.8 Å². The van der Waals surface area contributed by atoms with E-state index in [4.69, 9.17) is 29.4 Å². The molecule has 0 radical (unpaired) electrons. The first kappa shape index (κ1) is 51.4. The fourth-order valence-electron chi connectivity index (χ4n) is 11.8. The van der Waals surface area contributed by atoms with Gasteiger partial charge < -0.3 is 20.1 Å². The van der Waals surface area contributed by atoms with Gasteiger partial charge in [0.1, 0.15) is 23.8 Å². The summed E-state index contributed by atoms with van der Waals surface area (Å²) in [6.45, 7) is 38.0. The van der Waals surface area contributed by atoms with Gasteiger partial charge in [0, 0.05) is 95.2 Å². The molecule has 0 aromatic rings. The Labute approximate surface area is 394 Å². The first-order chi connectivity index (χ1) is 29.7. The van der Waals surface area contributed by atoms with E-state index in [-0.39, 0.29) is 68.7 Å². The SMILES string of the molecule is CN1C(C)(C)CC(OC2=NN(OC3CC(C)(C)N(C)C(C)(C)C3)NC(NCCCNC3=CC(OC4CC(C)(C)N(C)C(C)(C)C4)=NN(OC4CC(C)(C)N(C)C(C)(C)C4)N3)=C2)CC1(C)C. The summed E-state index contributed by atoms with van der Waals surface area (Å²) in [6, 6.07) is 0. The maximum atomic E-state index is 6.76. The molecule has 16 heteroatoms. The number of ether oxygens (including phenoxy) is 2. The third-order valence-electron chi connectivity index (χ3n) is 16.5. The van der Waals surface area contributed by atoms with E-state index < -0.39 is 0 Å². The number of nitrogens with one attached hydrogen (secondary N) is 4. The lowest BCUT2D eigenvalue weighted by Crippen LogP contribution is -2.61. The molecule has 0 saturated carbocycles. The highest BCUT2D eigenvalue weighted by Gasteiger charge is 2.48. The highest BCUT2D eigenvalue weighted by Crippen LogP contribution is 2.42. The number of hydrazone groups is 2. The van der Waals surface area contributed by atoms with E-state index in [0.717, 1.165) is 69.4 Å². The Hall–Kier alpha value is -3.02. The molecule has 6 heterocycles. The fourth-order valence-corrected chi connectivity index (χ4v) is 11.8. The number of rotatable bonds is 12. The molecule has 4 fully saturated rings. The second-order valence-electron chi connectivity index (χ2n) is 25.3. The summed E-state index contributed by atoms with van der Waals surface area (Å²) in [5.41, 5.74) is 6.56. The number of nitrogens with zero attached hydrogens (tertiary/aromatic N) is 8. The lowest BCUT2D eigenvalue weighted by atomic mass is 9.79. The normalized spacial score (nSPS) is 28.6. The molecule has 372 valence electrons. The Morgan fingerprint density at radius 2 is 0.692 bits per heavy atom. The van der Waals surface area contributed by atoms with E-state index in [9.17, 15) is 0 Å². The van der Waals surface area contributed by atoms with Crippen LogP contribution in [0.4, 0.5) is 0 Å². The van der Waals surface area contributed by atoms with E-state index in [1.165, 1.54) is 10.6 Å². The first-order valence-corrected chi connectivity index (χ1v) is 24.5. The van der Waals surface area contributed by atoms with Gasteiger partial charge in [0.15, 0.2) is 0 Å². The van der Waals surface area contributed by atoms with E-state index in [2.05, 4.69) is 180 Å². The third kappa shape index (κ3) is 12.0. The van der Waals surface area contributed by atoms with E-state index in [0.29, 0.717) is 24.9 Å². The van der Waals surface area contributed by atoms with Crippen molar-refractivity contribution in [3.05, 3.63) is 23.8 Å². The van der Waals surface area contributed by atoms with Crippen molar-refractivity contribution in [2.45, 2.75) is 237 Å². The van der Waals surface area contributed by atoms with E-state index >= 15 is 0 Å². The Bertz CT molecular complexity index is 1620. The molecule has 16 nitrogen and oxygen atoms in total. The Morgan fingerprint density at radius 3 is 0.954 bits per heavy atom. The molecular formula is C49H92N12O4. The molecule has 4 saturated heterocycles. The molecule has 6 rings (SSSR count). The summed E-state index contributed by atoms with van der Waals surface area (Å²) in [7, 11) is 8.86. The average Bonchev–Trinajstić information content (AvgIpc) is 3.13. The fraction of sp³-hybridized carbons (Fsp3) is 0.878. The van der Waals surface area contributed by atoms with Gasteiger partial charge in [-0.25, -0.2) is 20.5 Å². The minimum Gasteiger partial charge on any atom is -0.473 e. The minimum absolute atomic E-state index is 0.00452. The highest BCUT2D eigenvalue weighted by atomic mass is 16.8. The Balaban J connectivity index is 1.12. The van der Waals surface area contributed by atoms with Crippen molar-refractivity contribution < 1.29 is 19.1 Å². The van der Waals surface area contributed by atoms with Gasteiger partial charge in [-0.15, -0.1) is 0 Å². The average molecular weight is 913 g/mol. The number of hydrogen-bond donors (Lipinski definition) is 4. The van der Waals surface area contributed by atoms with Crippen LogP contribution < -0.4 is 21.5 Å². The van der Waals surface area contributed by atoms with Crippen LogP contribution in [-0.2, 0) is 19.1 Å². The van der Waals surface area contributed by atoms with Gasteiger partial charge in [0.05, 0.1) is 12.2 Å². The largest absolute Gasteiger partial charge is 0.473 e. The van der Waals surface area contributed by atoms with Gasteiger partial charge in [0.2, 0.25) is 11.8 Å². The second-order valence-corrected chi connectivity index (χ2v) is 25.3. The van der Waals surface area contributed by atoms with Gasteiger partial charge in [-0.1, -0.05) is 20.8 Å². The second kappa shape index (κ2) is 18.1. The van der Waals surface area contributed by atoms with Crippen LogP contribution in [0.25, 0.3) is 0 Å². The molecule has 0 atom stereocenters. The lowest BCUT2D eigenvalue weighted by Gasteiger charge is -2.53. The third-order valence-corrected chi connectivity index (χ3v) is 16.5. The molecule has 65 heavy (non-hydrogen) atoms. The van der Waals surface area contributed by atoms with Crippen LogP contribution in [0.2, 0.25) is 0 Å². The van der Waals surface area contributed by atoms with Crippen molar-refractivity contribution in [2.75, 3.05) is 41.3 Å². The molecule has 0 bridgehead atoms. The molecule has 6 aliphatic heterocycles. The molecule has 4 N–H and O–H groups in total. The van der Waals surface area contributed by atoms with Crippen molar-refractivity contribution in [2.24, 2.45) is 10.2 Å². The predicted molar refractivity (Wildman–Crippen MR) is 262 cm³/mol. The summed E-state index contributed by atoms with van der Waals surface area (Å²) in [6.07, 6.45) is 11.7. The van der Waals surface area contributed by atoms with Crippen LogP contribution in [-0.4, -0.2) is 152 Å². The van der Waals surface area contributed by atoms with Crippen LogP contribution in [0, 0.1) is 0 Å². The molecule has 0 unspecified atom stereocenters. The van der Waals surface area contributed by atoms with Gasteiger partial charge in [-0.3, -0.25) is 19.6 Å². The molecule has 0 aromatic heterocycles. The van der Waals surface area contributed by atoms with Gasteiger partial charge >= 0.3 is 0 Å². The number of likely N-dealkylation sites (tertiary alicyclic amines) is 4. The van der Waals surface area contributed by atoms with E-state index in [1.54, 1.807) is 0 Å². The maximum absolute atomic E-state index is 6.76. The Morgan fingerprint density at radius 1 is 0.446 bits per heavy atom. The number of hydrazine groups is 2. The van der Waals surface area contributed by atoms with Gasteiger partial charge in [-0.05, 0) is 171 Å². The number of hydrogen-bond acceptors (Lipinski definition) is 16. The minimum atomic E-state index is -0.0365. The van der Waals surface area contributed by atoms with E-state index in [1.807, 2.05) is 12.2 Å². The highest BCUT2D eigenvalue weighted by molar-refractivity contribution is 5.89. The monoisotopic (exact) mass is 913 g/mol. The molecule has 0 aromatic carbocycles. The first-order valence-electron chi connectivity index (χ1n) is 24.5. The zero-order valence-corrected chi connectivity index (χ0v) is 44.5. The lowest BCUT2D eigenvalue weighted by molar-refractivity contribution is -0.254. The van der Waals surface area contributed by atoms with Crippen molar-refractivity contribution in [1.82, 2.24) is 51.6 Å². The Kier molecular flexibility index (Phi) is 14.3. The molecule has 6 aliphatic rings. The molecule has 0 spiro atoms. The standard InChI is InChI=1S/C49H92N12O4/c1-42(2)26-34(27-43(3,4)56(42)17)62-40-24-38(52-60(54-40)64-36-30-46(9,10)58(19)47(11,12)31-36)50-22-21-23-51-39-25-41(63-35-28-44(5,6)57(18)45(7,8)29-35)55-61(53-39)65-37-32-48(13,14)59(20)49(15,16)33-37/h24-25,34-37,50-53H,21-23,26-33H2,1-20H3. The van der Waals surface area contributed by atoms with Crippen molar-refractivity contribution in [3.8, 4) is 0 Å². The van der Waals surface area contributed by atoms with Crippen molar-refractivity contribution in [3.63, 3.8) is 0 Å². The topological polar surface area (TPSA) is 129 Å². The van der Waals surface area contributed by atoms with Crippen LogP contribution in [0.3, 0.4) is 0 Å². The summed E-state index contributed by atoms with van der Waals surface area (Å²) < 4.78 is 13.5. The summed E-state index contributed by atoms with van der Waals surface area (Å²) in [4.78, 5) is 23.2. The predicted octanol–water partition coefficient (Wildman–Crippen LogP) is 7.01. The number of piperidine rings is 4. The summed E-state index contributed by atoms with van der Waals surface area (Å²) in [5, 5.41) is 20.0. The molecule has 0 amide bonds.